The Balaban J connectivity index is 1.66. The number of hydrogen-bond acceptors (Lipinski definition) is 9. The van der Waals surface area contributed by atoms with Crippen LogP contribution in [-0.2, 0) is 4.79 Å². The van der Waals surface area contributed by atoms with Gasteiger partial charge in [-0.1, -0.05) is 36.0 Å². The first-order valence-electron chi connectivity index (χ1n) is 8.87. The highest BCUT2D eigenvalue weighted by molar-refractivity contribution is 7.99. The molecule has 0 saturated heterocycles. The van der Waals surface area contributed by atoms with Crippen LogP contribution in [0.3, 0.4) is 0 Å². The Labute approximate surface area is 180 Å². The maximum Gasteiger partial charge on any atom is 0.277 e. The third-order valence-corrected chi connectivity index (χ3v) is 5.95. The van der Waals surface area contributed by atoms with Gasteiger partial charge in [-0.25, -0.2) is 4.98 Å². The van der Waals surface area contributed by atoms with E-state index in [0.717, 1.165) is 38.8 Å². The molecule has 0 radical (unpaired) electrons. The molecule has 7 nitrogen and oxygen atoms in total. The summed E-state index contributed by atoms with van der Waals surface area (Å²) in [6.07, 6.45) is 0. The minimum Gasteiger partial charge on any atom is -0.411 e. The Hall–Kier alpha value is -3.48. The molecule has 9 heteroatoms. The zero-order valence-electron chi connectivity index (χ0n) is 15.8. The lowest BCUT2D eigenvalue weighted by Crippen LogP contribution is -2.10. The number of allylic oxidation sites excluding steroid dienone is 2. The molecule has 0 aliphatic heterocycles. The lowest BCUT2D eigenvalue weighted by Gasteiger charge is -2.06. The molecule has 0 aliphatic rings. The number of thioether (sulfide) groups is 1. The molecule has 1 aromatic carbocycles. The standard InChI is InChI=1S/C21H15N5O2S2/c1-12(23)15(10-22)18(27)11-30-21-26-25-20(28-21)14-9-17(19-7-4-8-29-19)24-16-6-3-2-5-13(14)16/h2-9H,11,23H2,1H3/b15-12+. The fourth-order valence-electron chi connectivity index (χ4n) is 2.85. The van der Waals surface area contributed by atoms with Crippen LogP contribution in [-0.4, -0.2) is 26.7 Å². The molecule has 4 aromatic rings. The van der Waals surface area contributed by atoms with Crippen molar-refractivity contribution in [3.05, 3.63) is 59.1 Å². The first kappa shape index (κ1) is 19.8. The van der Waals surface area contributed by atoms with Crippen molar-refractivity contribution in [3.8, 4) is 28.1 Å². The number of pyridine rings is 1. The van der Waals surface area contributed by atoms with Crippen LogP contribution in [0.25, 0.3) is 32.9 Å². The van der Waals surface area contributed by atoms with Crippen LogP contribution in [0.2, 0.25) is 0 Å². The van der Waals surface area contributed by atoms with Crippen LogP contribution in [0.5, 0.6) is 0 Å². The Morgan fingerprint density at radius 2 is 2.10 bits per heavy atom. The van der Waals surface area contributed by atoms with Gasteiger partial charge in [0.2, 0.25) is 5.89 Å². The van der Waals surface area contributed by atoms with E-state index in [2.05, 4.69) is 10.2 Å². The largest absolute Gasteiger partial charge is 0.411 e. The number of para-hydroxylation sites is 1. The van der Waals surface area contributed by atoms with Gasteiger partial charge < -0.3 is 10.2 Å². The van der Waals surface area contributed by atoms with Gasteiger partial charge >= 0.3 is 0 Å². The average Bonchev–Trinajstić information content (AvgIpc) is 3.44. The van der Waals surface area contributed by atoms with Crippen molar-refractivity contribution in [2.24, 2.45) is 5.73 Å². The Kier molecular flexibility index (Phi) is 5.61. The molecule has 30 heavy (non-hydrogen) atoms. The molecular formula is C21H15N5O2S2. The molecule has 3 aromatic heterocycles. The van der Waals surface area contributed by atoms with Crippen LogP contribution in [0, 0.1) is 11.3 Å². The first-order valence-corrected chi connectivity index (χ1v) is 10.7. The zero-order valence-corrected chi connectivity index (χ0v) is 17.5. The Morgan fingerprint density at radius 1 is 1.27 bits per heavy atom. The van der Waals surface area contributed by atoms with Crippen molar-refractivity contribution < 1.29 is 9.21 Å². The normalized spacial score (nSPS) is 11.9. The van der Waals surface area contributed by atoms with E-state index in [9.17, 15) is 4.79 Å². The fraction of sp³-hybridized carbons (Fsp3) is 0.0952. The molecule has 0 unspecified atom stereocenters. The van der Waals surface area contributed by atoms with Crippen LogP contribution >= 0.6 is 23.1 Å². The number of rotatable bonds is 6. The highest BCUT2D eigenvalue weighted by atomic mass is 32.2. The van der Waals surface area contributed by atoms with E-state index in [1.54, 1.807) is 11.3 Å². The van der Waals surface area contributed by atoms with E-state index in [1.807, 2.05) is 53.9 Å². The lowest BCUT2D eigenvalue weighted by molar-refractivity contribution is -0.112. The number of ketones is 1. The second-order valence-electron chi connectivity index (χ2n) is 6.30. The van der Waals surface area contributed by atoms with Crippen LogP contribution in [0.4, 0.5) is 0 Å². The molecule has 0 bridgehead atoms. The molecule has 148 valence electrons. The highest BCUT2D eigenvalue weighted by Gasteiger charge is 2.18. The van der Waals surface area contributed by atoms with E-state index in [1.165, 1.54) is 6.92 Å². The third kappa shape index (κ3) is 3.96. The summed E-state index contributed by atoms with van der Waals surface area (Å²) < 4.78 is 5.81. The van der Waals surface area contributed by atoms with Gasteiger partial charge in [0, 0.05) is 11.1 Å². The molecule has 0 saturated carbocycles. The van der Waals surface area contributed by atoms with Crippen LogP contribution in [0.15, 0.2) is 68.8 Å². The van der Waals surface area contributed by atoms with Gasteiger partial charge in [-0.05, 0) is 30.5 Å². The molecule has 0 atom stereocenters. The van der Waals surface area contributed by atoms with Crippen LogP contribution in [0.1, 0.15) is 6.92 Å². The minimum absolute atomic E-state index is 0.0173. The summed E-state index contributed by atoms with van der Waals surface area (Å²) in [6.45, 7) is 1.52. The van der Waals surface area contributed by atoms with Crippen molar-refractivity contribution in [3.63, 3.8) is 0 Å². The number of hydrogen-bond donors (Lipinski definition) is 1. The number of carbonyl (C=O) groups excluding carboxylic acids is 1. The summed E-state index contributed by atoms with van der Waals surface area (Å²) in [5.41, 5.74) is 8.13. The smallest absolute Gasteiger partial charge is 0.277 e. The summed E-state index contributed by atoms with van der Waals surface area (Å²) in [7, 11) is 0. The molecule has 0 aliphatic carbocycles. The molecule has 3 heterocycles. The van der Waals surface area contributed by atoms with Gasteiger partial charge in [0.05, 0.1) is 27.4 Å². The monoisotopic (exact) mass is 433 g/mol. The van der Waals surface area contributed by atoms with Gasteiger partial charge in [-0.15, -0.1) is 21.5 Å². The van der Waals surface area contributed by atoms with Crippen LogP contribution < -0.4 is 5.73 Å². The quantitative estimate of drug-likeness (QED) is 0.269. The molecular weight excluding hydrogens is 418 g/mol. The van der Waals surface area contributed by atoms with E-state index < -0.39 is 0 Å². The van der Waals surface area contributed by atoms with Crippen molar-refractivity contribution in [1.82, 2.24) is 15.2 Å². The van der Waals surface area contributed by atoms with Gasteiger partial charge in [0.1, 0.15) is 11.6 Å². The highest BCUT2D eigenvalue weighted by Crippen LogP contribution is 2.34. The topological polar surface area (TPSA) is 119 Å². The minimum atomic E-state index is -0.378. The number of fused-ring (bicyclic) bond motifs is 1. The maximum atomic E-state index is 12.1. The van der Waals surface area contributed by atoms with E-state index in [4.69, 9.17) is 20.4 Å². The van der Waals surface area contributed by atoms with E-state index in [0.29, 0.717) is 5.89 Å². The van der Waals surface area contributed by atoms with Gasteiger partial charge in [-0.2, -0.15) is 5.26 Å². The van der Waals surface area contributed by atoms with Crippen molar-refractivity contribution in [2.75, 3.05) is 5.75 Å². The molecule has 4 rings (SSSR count). The Morgan fingerprint density at radius 3 is 2.83 bits per heavy atom. The number of carbonyl (C=O) groups is 1. The maximum absolute atomic E-state index is 12.1. The SMILES string of the molecule is C/C(N)=C(/C#N)C(=O)CSc1nnc(-c2cc(-c3cccs3)nc3ccccc23)o1. The molecule has 0 spiro atoms. The zero-order chi connectivity index (χ0) is 21.1. The molecule has 2 N–H and O–H groups in total. The second-order valence-corrected chi connectivity index (χ2v) is 8.18. The predicted molar refractivity (Wildman–Crippen MR) is 117 cm³/mol. The molecule has 0 fully saturated rings. The van der Waals surface area contributed by atoms with Crippen molar-refractivity contribution in [1.29, 1.82) is 5.26 Å². The summed E-state index contributed by atoms with van der Waals surface area (Å²) in [6, 6.07) is 15.5. The molecule has 0 amide bonds. The van der Waals surface area contributed by atoms with Gasteiger partial charge in [0.15, 0.2) is 5.78 Å². The van der Waals surface area contributed by atoms with Gasteiger partial charge in [-0.3, -0.25) is 4.79 Å². The summed E-state index contributed by atoms with van der Waals surface area (Å²) in [4.78, 5) is 17.9. The average molecular weight is 434 g/mol. The number of nitriles is 1. The predicted octanol–water partition coefficient (Wildman–Crippen LogP) is 4.43. The van der Waals surface area contributed by atoms with E-state index in [-0.39, 0.29) is 28.0 Å². The second kappa shape index (κ2) is 8.49. The summed E-state index contributed by atoms with van der Waals surface area (Å²) >= 11 is 2.67. The van der Waals surface area contributed by atoms with Gasteiger partial charge in [0.25, 0.3) is 5.22 Å². The Bertz CT molecular complexity index is 1300. The number of Topliss-reactive ketones (excluding diaryl/α,β-unsaturated/α-hetero) is 1. The number of benzene rings is 1. The lowest BCUT2D eigenvalue weighted by atomic mass is 10.1. The fourth-order valence-corrected chi connectivity index (χ4v) is 4.17. The first-order chi connectivity index (χ1) is 14.6. The summed E-state index contributed by atoms with van der Waals surface area (Å²) in [5.74, 6) is -0.0552. The number of nitrogens with zero attached hydrogens (tertiary/aromatic N) is 4. The number of nitrogens with two attached hydrogens (primary N) is 1. The third-order valence-electron chi connectivity index (χ3n) is 4.24. The summed E-state index contributed by atoms with van der Waals surface area (Å²) in [5, 5.41) is 20.4. The number of aromatic nitrogens is 3. The number of thiophene rings is 1. The van der Waals surface area contributed by atoms with Crippen molar-refractivity contribution >= 4 is 39.8 Å². The van der Waals surface area contributed by atoms with Crippen molar-refractivity contribution in [2.45, 2.75) is 12.1 Å². The van der Waals surface area contributed by atoms with E-state index >= 15 is 0 Å².